The highest BCUT2D eigenvalue weighted by Gasteiger charge is 2.40. The van der Waals surface area contributed by atoms with Gasteiger partial charge in [0, 0.05) is 32.0 Å². The van der Waals surface area contributed by atoms with E-state index in [1.54, 1.807) is 0 Å². The van der Waals surface area contributed by atoms with E-state index < -0.39 is 11.2 Å². The Morgan fingerprint density at radius 2 is 0.967 bits per heavy atom. The third-order valence-corrected chi connectivity index (χ3v) is 11.3. The molecule has 2 atom stereocenters. The Labute approximate surface area is 356 Å². The molecule has 310 valence electrons. The summed E-state index contributed by atoms with van der Waals surface area (Å²) in [7, 11) is 3.79. The lowest BCUT2D eigenvalue weighted by Gasteiger charge is -2.37. The highest BCUT2D eigenvalue weighted by Crippen LogP contribution is 2.42. The van der Waals surface area contributed by atoms with Crippen LogP contribution in [0.2, 0.25) is 0 Å². The summed E-state index contributed by atoms with van der Waals surface area (Å²) in [5.74, 6) is 0.263. The molecule has 60 heavy (non-hydrogen) atoms. The van der Waals surface area contributed by atoms with Crippen LogP contribution in [0, 0.1) is 0 Å². The zero-order valence-corrected chi connectivity index (χ0v) is 35.4. The van der Waals surface area contributed by atoms with Crippen molar-refractivity contribution in [2.75, 3.05) is 27.3 Å². The quantitative estimate of drug-likeness (QED) is 0.0899. The van der Waals surface area contributed by atoms with Gasteiger partial charge >= 0.3 is 0 Å². The molecule has 0 aliphatic carbocycles. The normalized spacial score (nSPS) is 14.7. The van der Waals surface area contributed by atoms with E-state index in [-0.39, 0.29) is 29.9 Å². The molecule has 0 bridgehead atoms. The van der Waals surface area contributed by atoms with Crippen molar-refractivity contribution >= 4 is 11.8 Å². The number of hydrogen-bond acceptors (Lipinski definition) is 5. The summed E-state index contributed by atoms with van der Waals surface area (Å²) in [5, 5.41) is 6.30. The van der Waals surface area contributed by atoms with E-state index in [2.05, 4.69) is 83.4 Å². The van der Waals surface area contributed by atoms with E-state index in [0.29, 0.717) is 32.5 Å². The molecule has 0 unspecified atom stereocenters. The van der Waals surface area contributed by atoms with Crippen LogP contribution >= 0.6 is 0 Å². The SMILES string of the molecule is CN1C(=O)CC[C@H]1COC(c1ccccc1)(c1ccccc1)c1ccccc1.CN[C@@H](CCC(=O)NC(C)C)COC(c1ccccc1)(c1ccccc1)c1ccccc1. The average Bonchev–Trinajstić information content (AvgIpc) is 3.62. The van der Waals surface area contributed by atoms with Gasteiger partial charge in [-0.05, 0) is 67.1 Å². The number of carbonyl (C=O) groups excluding carboxylic acids is 2. The van der Waals surface area contributed by atoms with Crippen LogP contribution in [0.15, 0.2) is 182 Å². The molecule has 1 saturated heterocycles. The van der Waals surface area contributed by atoms with E-state index in [1.807, 2.05) is 142 Å². The predicted octanol–water partition coefficient (Wildman–Crippen LogP) is 9.50. The molecule has 1 fully saturated rings. The van der Waals surface area contributed by atoms with E-state index in [9.17, 15) is 9.59 Å². The average molecular weight is 802 g/mol. The molecule has 7 rings (SSSR count). The first-order chi connectivity index (χ1) is 29.3. The van der Waals surface area contributed by atoms with Gasteiger partial charge in [-0.1, -0.05) is 182 Å². The molecule has 7 heteroatoms. The molecule has 1 aliphatic heterocycles. The monoisotopic (exact) mass is 801 g/mol. The minimum Gasteiger partial charge on any atom is -0.359 e. The number of likely N-dealkylation sites (N-methyl/N-ethyl adjacent to an activating group) is 2. The van der Waals surface area contributed by atoms with Crippen LogP contribution in [0.3, 0.4) is 0 Å². The Morgan fingerprint density at radius 1 is 0.617 bits per heavy atom. The lowest BCUT2D eigenvalue weighted by atomic mass is 9.80. The van der Waals surface area contributed by atoms with Gasteiger partial charge in [0.1, 0.15) is 11.2 Å². The van der Waals surface area contributed by atoms with Gasteiger partial charge in [-0.15, -0.1) is 0 Å². The molecular weight excluding hydrogens is 743 g/mol. The van der Waals surface area contributed by atoms with Crippen LogP contribution in [-0.4, -0.2) is 62.1 Å². The number of rotatable bonds is 17. The number of carbonyl (C=O) groups is 2. The third-order valence-electron chi connectivity index (χ3n) is 11.3. The topological polar surface area (TPSA) is 79.9 Å². The highest BCUT2D eigenvalue weighted by atomic mass is 16.5. The minimum atomic E-state index is -0.751. The Morgan fingerprint density at radius 3 is 1.27 bits per heavy atom. The molecule has 2 N–H and O–H groups in total. The maximum absolute atomic E-state index is 12.2. The van der Waals surface area contributed by atoms with Gasteiger partial charge in [0.25, 0.3) is 0 Å². The second-order valence-corrected chi connectivity index (χ2v) is 15.6. The number of amides is 2. The zero-order valence-electron chi connectivity index (χ0n) is 35.4. The fourth-order valence-corrected chi connectivity index (χ4v) is 8.05. The summed E-state index contributed by atoms with van der Waals surface area (Å²) in [4.78, 5) is 26.0. The van der Waals surface area contributed by atoms with Crippen LogP contribution in [0.5, 0.6) is 0 Å². The van der Waals surface area contributed by atoms with Gasteiger partial charge in [-0.3, -0.25) is 9.59 Å². The van der Waals surface area contributed by atoms with Crippen molar-refractivity contribution in [2.24, 2.45) is 0 Å². The first-order valence-corrected chi connectivity index (χ1v) is 21.1. The maximum Gasteiger partial charge on any atom is 0.222 e. The molecule has 0 radical (unpaired) electrons. The summed E-state index contributed by atoms with van der Waals surface area (Å²) in [6, 6.07) is 62.4. The van der Waals surface area contributed by atoms with Gasteiger partial charge < -0.3 is 25.0 Å². The van der Waals surface area contributed by atoms with Crippen LogP contribution in [0.1, 0.15) is 72.9 Å². The predicted molar refractivity (Wildman–Crippen MR) is 241 cm³/mol. The molecule has 6 aromatic rings. The Bertz CT molecular complexity index is 1980. The van der Waals surface area contributed by atoms with E-state index in [0.717, 1.165) is 39.8 Å². The second-order valence-electron chi connectivity index (χ2n) is 15.6. The Balaban J connectivity index is 0.000000203. The summed E-state index contributed by atoms with van der Waals surface area (Å²) in [6.07, 6.45) is 2.59. The molecule has 1 heterocycles. The first-order valence-electron chi connectivity index (χ1n) is 21.1. The lowest BCUT2D eigenvalue weighted by Crippen LogP contribution is -2.40. The van der Waals surface area contributed by atoms with Crippen LogP contribution < -0.4 is 10.6 Å². The molecule has 1 aliphatic rings. The van der Waals surface area contributed by atoms with Gasteiger partial charge in [0.15, 0.2) is 0 Å². The second kappa shape index (κ2) is 21.4. The number of ether oxygens (including phenoxy) is 2. The molecule has 0 aromatic heterocycles. The Hall–Kier alpha value is -5.86. The van der Waals surface area contributed by atoms with Crippen molar-refractivity contribution in [3.05, 3.63) is 215 Å². The van der Waals surface area contributed by atoms with Crippen molar-refractivity contribution in [2.45, 2.75) is 68.9 Å². The fourth-order valence-electron chi connectivity index (χ4n) is 8.05. The van der Waals surface area contributed by atoms with E-state index in [1.165, 1.54) is 0 Å². The van der Waals surface area contributed by atoms with Crippen molar-refractivity contribution < 1.29 is 19.1 Å². The summed E-state index contributed by atoms with van der Waals surface area (Å²) >= 11 is 0. The maximum atomic E-state index is 12.2. The zero-order chi connectivity index (χ0) is 42.2. The van der Waals surface area contributed by atoms with Crippen LogP contribution in [-0.2, 0) is 30.3 Å². The number of nitrogens with one attached hydrogen (secondary N) is 2. The van der Waals surface area contributed by atoms with Gasteiger partial charge in [-0.2, -0.15) is 0 Å². The van der Waals surface area contributed by atoms with Crippen molar-refractivity contribution in [3.8, 4) is 0 Å². The molecule has 0 saturated carbocycles. The third kappa shape index (κ3) is 10.5. The first kappa shape index (κ1) is 43.7. The van der Waals surface area contributed by atoms with Crippen molar-refractivity contribution in [1.82, 2.24) is 15.5 Å². The summed E-state index contributed by atoms with van der Waals surface area (Å²) in [5.41, 5.74) is 4.99. The van der Waals surface area contributed by atoms with Gasteiger partial charge in [0.05, 0.1) is 19.3 Å². The molecular formula is C53H59N3O4. The molecule has 0 spiro atoms. The molecule has 2 amide bonds. The number of likely N-dealkylation sites (tertiary alicyclic amines) is 1. The largest absolute Gasteiger partial charge is 0.359 e. The molecule has 7 nitrogen and oxygen atoms in total. The minimum absolute atomic E-state index is 0.0448. The summed E-state index contributed by atoms with van der Waals surface area (Å²) in [6.45, 7) is 4.90. The van der Waals surface area contributed by atoms with Crippen LogP contribution in [0.25, 0.3) is 0 Å². The van der Waals surface area contributed by atoms with Crippen molar-refractivity contribution in [3.63, 3.8) is 0 Å². The van der Waals surface area contributed by atoms with Gasteiger partial charge in [-0.25, -0.2) is 0 Å². The summed E-state index contributed by atoms with van der Waals surface area (Å²) < 4.78 is 13.7. The standard InChI is InChI=1S/C28H34N2O2.C25H25NO2/c1-22(2)30-27(31)20-19-26(29-3)21-32-28(23-13-7-4-8-14-23,24-15-9-5-10-16-24)25-17-11-6-12-18-25;1-26-23(17-18-24(26)27)19-28-25(20-11-5-2-6-12-20,21-13-7-3-8-14-21)22-15-9-4-10-16-22/h4-18,22,26,29H,19-21H2,1-3H3,(H,30,31);2-16,23H,17-19H2,1H3/t26-;23-/m00/s1. The Kier molecular flexibility index (Phi) is 15.6. The number of benzene rings is 6. The van der Waals surface area contributed by atoms with Crippen LogP contribution in [0.4, 0.5) is 0 Å². The fraction of sp³-hybridized carbons (Fsp3) is 0.283. The van der Waals surface area contributed by atoms with Crippen molar-refractivity contribution in [1.29, 1.82) is 0 Å². The van der Waals surface area contributed by atoms with Gasteiger partial charge in [0.2, 0.25) is 11.8 Å². The smallest absolute Gasteiger partial charge is 0.222 e. The van der Waals surface area contributed by atoms with E-state index in [4.69, 9.17) is 9.47 Å². The number of nitrogens with zero attached hydrogens (tertiary/aromatic N) is 1. The number of hydrogen-bond donors (Lipinski definition) is 2. The lowest BCUT2D eigenvalue weighted by molar-refractivity contribution is -0.129. The molecule has 6 aromatic carbocycles. The van der Waals surface area contributed by atoms with E-state index >= 15 is 0 Å². The highest BCUT2D eigenvalue weighted by molar-refractivity contribution is 5.78.